The van der Waals surface area contributed by atoms with E-state index in [-0.39, 0.29) is 11.7 Å². The highest BCUT2D eigenvalue weighted by molar-refractivity contribution is 5.69. The number of anilines is 2. The second-order valence-electron chi connectivity index (χ2n) is 9.19. The molecule has 3 heterocycles. The maximum atomic E-state index is 14.7. The summed E-state index contributed by atoms with van der Waals surface area (Å²) in [7, 11) is 1.71. The minimum Gasteiger partial charge on any atom is -0.383 e. The largest absolute Gasteiger partial charge is 0.383 e. The van der Waals surface area contributed by atoms with Gasteiger partial charge in [-0.15, -0.1) is 0 Å². The molecule has 2 aliphatic rings. The van der Waals surface area contributed by atoms with Crippen LogP contribution in [0, 0.1) is 17.7 Å². The fourth-order valence-corrected chi connectivity index (χ4v) is 4.68. The van der Waals surface area contributed by atoms with Crippen molar-refractivity contribution in [3.63, 3.8) is 0 Å². The smallest absolute Gasteiger partial charge is 0.236 e. The number of aromatic nitrogens is 2. The lowest BCUT2D eigenvalue weighted by Gasteiger charge is -2.30. The van der Waals surface area contributed by atoms with E-state index in [4.69, 9.17) is 9.47 Å². The zero-order valence-electron chi connectivity index (χ0n) is 19.8. The lowest BCUT2D eigenvalue weighted by atomic mass is 9.91. The topological polar surface area (TPSA) is 80.3 Å². The van der Waals surface area contributed by atoms with Gasteiger partial charge in [-0.2, -0.15) is 4.39 Å². The van der Waals surface area contributed by atoms with Crippen LogP contribution in [0.5, 0.6) is 0 Å². The van der Waals surface area contributed by atoms with Gasteiger partial charge in [0.1, 0.15) is 11.6 Å². The van der Waals surface area contributed by atoms with Gasteiger partial charge in [-0.25, -0.2) is 14.4 Å². The Morgan fingerprint density at radius 3 is 2.53 bits per heavy atom. The molecule has 9 heteroatoms. The highest BCUT2D eigenvalue weighted by Gasteiger charge is 2.21. The Labute approximate surface area is 200 Å². The van der Waals surface area contributed by atoms with Crippen molar-refractivity contribution in [3.05, 3.63) is 36.3 Å². The molecule has 0 amide bonds. The summed E-state index contributed by atoms with van der Waals surface area (Å²) in [6.07, 6.45) is 8.64. The van der Waals surface area contributed by atoms with Crippen LogP contribution in [0.2, 0.25) is 0 Å². The number of nitrogens with one attached hydrogen (secondary N) is 3. The molecule has 0 unspecified atom stereocenters. The van der Waals surface area contributed by atoms with Crippen molar-refractivity contribution in [1.82, 2.24) is 15.3 Å². The fourth-order valence-electron chi connectivity index (χ4n) is 4.68. The quantitative estimate of drug-likeness (QED) is 0.351. The molecule has 1 saturated carbocycles. The Morgan fingerprint density at radius 1 is 1.00 bits per heavy atom. The van der Waals surface area contributed by atoms with Crippen molar-refractivity contribution < 1.29 is 18.3 Å². The standard InChI is InChI=1S/C25H35F2N5O2/c1-33-11-8-28-19-2-4-20(5-3-19)32-24-13-21(22(26)16-30-24)18-12-23(25(27)31-15-18)29-14-17-6-9-34-10-7-17/h12-13,15-17,19-20,28-29H,2-11,14H2,1H3,(H,30,32). The molecule has 34 heavy (non-hydrogen) atoms. The van der Waals surface area contributed by atoms with Crippen LogP contribution in [0.1, 0.15) is 38.5 Å². The number of halogens is 2. The average Bonchev–Trinajstić information content (AvgIpc) is 2.87. The van der Waals surface area contributed by atoms with Crippen molar-refractivity contribution in [2.24, 2.45) is 5.92 Å². The van der Waals surface area contributed by atoms with Crippen LogP contribution in [-0.2, 0) is 9.47 Å². The summed E-state index contributed by atoms with van der Waals surface area (Å²) in [4.78, 5) is 8.10. The Hall–Kier alpha value is -2.36. The summed E-state index contributed by atoms with van der Waals surface area (Å²) in [5.74, 6) is 0.00338. The lowest BCUT2D eigenvalue weighted by Crippen LogP contribution is -2.38. The van der Waals surface area contributed by atoms with Gasteiger partial charge in [0.15, 0.2) is 0 Å². The van der Waals surface area contributed by atoms with Crippen LogP contribution >= 0.6 is 0 Å². The molecule has 0 radical (unpaired) electrons. The molecule has 4 rings (SSSR count). The fraction of sp³-hybridized carbons (Fsp3) is 0.600. The molecular weight excluding hydrogens is 440 g/mol. The molecule has 1 aliphatic carbocycles. The normalized spacial score (nSPS) is 21.4. The molecular formula is C25H35F2N5O2. The summed E-state index contributed by atoms with van der Waals surface area (Å²) in [6, 6.07) is 4.10. The molecule has 2 aromatic heterocycles. The zero-order valence-corrected chi connectivity index (χ0v) is 19.8. The zero-order chi connectivity index (χ0) is 23.8. The maximum absolute atomic E-state index is 14.7. The summed E-state index contributed by atoms with van der Waals surface area (Å²) in [6.45, 7) is 3.68. The predicted octanol–water partition coefficient (Wildman–Crippen LogP) is 4.22. The van der Waals surface area contributed by atoms with E-state index >= 15 is 0 Å². The molecule has 0 aromatic carbocycles. The van der Waals surface area contributed by atoms with Crippen molar-refractivity contribution in [2.45, 2.75) is 50.6 Å². The number of hydrogen-bond acceptors (Lipinski definition) is 7. The van der Waals surface area contributed by atoms with Crippen LogP contribution in [0.25, 0.3) is 11.1 Å². The Bertz CT molecular complexity index is 918. The third kappa shape index (κ3) is 6.84. The highest BCUT2D eigenvalue weighted by Crippen LogP contribution is 2.29. The van der Waals surface area contributed by atoms with E-state index in [2.05, 4.69) is 25.9 Å². The molecule has 0 bridgehead atoms. The SMILES string of the molecule is COCCNC1CCC(Nc2cc(-c3cnc(F)c(NCC4CCOCC4)c3)c(F)cn2)CC1. The highest BCUT2D eigenvalue weighted by atomic mass is 19.1. The van der Waals surface area contributed by atoms with Crippen molar-refractivity contribution in [2.75, 3.05) is 50.7 Å². The van der Waals surface area contributed by atoms with E-state index in [0.717, 1.165) is 58.3 Å². The van der Waals surface area contributed by atoms with Crippen LogP contribution in [0.15, 0.2) is 24.5 Å². The molecule has 0 spiro atoms. The summed E-state index contributed by atoms with van der Waals surface area (Å²) in [5.41, 5.74) is 1.16. The summed E-state index contributed by atoms with van der Waals surface area (Å²) >= 11 is 0. The monoisotopic (exact) mass is 475 g/mol. The first-order valence-corrected chi connectivity index (χ1v) is 12.2. The predicted molar refractivity (Wildman–Crippen MR) is 129 cm³/mol. The molecule has 7 nitrogen and oxygen atoms in total. The summed E-state index contributed by atoms with van der Waals surface area (Å²) in [5, 5.41) is 10.1. The van der Waals surface area contributed by atoms with Gasteiger partial charge in [0, 0.05) is 62.8 Å². The van der Waals surface area contributed by atoms with E-state index in [9.17, 15) is 8.78 Å². The molecule has 2 fully saturated rings. The van der Waals surface area contributed by atoms with Crippen LogP contribution in [0.3, 0.4) is 0 Å². The molecule has 186 valence electrons. The van der Waals surface area contributed by atoms with Crippen molar-refractivity contribution in [3.8, 4) is 11.1 Å². The summed E-state index contributed by atoms with van der Waals surface area (Å²) < 4.78 is 39.5. The van der Waals surface area contributed by atoms with Gasteiger partial charge < -0.3 is 25.4 Å². The number of hydrogen-bond donors (Lipinski definition) is 3. The Morgan fingerprint density at radius 2 is 1.76 bits per heavy atom. The van der Waals surface area contributed by atoms with Gasteiger partial charge in [0.2, 0.25) is 5.95 Å². The first-order valence-electron chi connectivity index (χ1n) is 12.2. The molecule has 1 saturated heterocycles. The van der Waals surface area contributed by atoms with Gasteiger partial charge in [-0.3, -0.25) is 0 Å². The van der Waals surface area contributed by atoms with Crippen LogP contribution in [-0.4, -0.2) is 62.1 Å². The van der Waals surface area contributed by atoms with E-state index in [1.165, 1.54) is 12.4 Å². The molecule has 1 aliphatic heterocycles. The van der Waals surface area contributed by atoms with Crippen LogP contribution < -0.4 is 16.0 Å². The maximum Gasteiger partial charge on any atom is 0.236 e. The van der Waals surface area contributed by atoms with Crippen LogP contribution in [0.4, 0.5) is 20.3 Å². The van der Waals surface area contributed by atoms with Gasteiger partial charge in [-0.1, -0.05) is 0 Å². The number of nitrogens with zero attached hydrogens (tertiary/aromatic N) is 2. The molecule has 3 N–H and O–H groups in total. The number of rotatable bonds is 10. The number of methoxy groups -OCH3 is 1. The van der Waals surface area contributed by atoms with Gasteiger partial charge in [0.25, 0.3) is 0 Å². The Kier molecular flexibility index (Phi) is 9.01. The number of ether oxygens (including phenoxy) is 2. The second kappa shape index (κ2) is 12.4. The average molecular weight is 476 g/mol. The second-order valence-corrected chi connectivity index (χ2v) is 9.19. The third-order valence-corrected chi connectivity index (χ3v) is 6.75. The third-order valence-electron chi connectivity index (χ3n) is 6.75. The van der Waals surface area contributed by atoms with Gasteiger partial charge >= 0.3 is 0 Å². The first kappa shape index (κ1) is 24.8. The minimum atomic E-state index is -0.584. The van der Waals surface area contributed by atoms with Crippen molar-refractivity contribution >= 4 is 11.5 Å². The minimum absolute atomic E-state index is 0.286. The molecule has 0 atom stereocenters. The van der Waals surface area contributed by atoms with Gasteiger partial charge in [-0.05, 0) is 56.6 Å². The lowest BCUT2D eigenvalue weighted by molar-refractivity contribution is 0.0699. The van der Waals surface area contributed by atoms with E-state index in [1.54, 1.807) is 19.2 Å². The molecule has 2 aromatic rings. The first-order chi connectivity index (χ1) is 16.6. The Balaban J connectivity index is 1.38. The van der Waals surface area contributed by atoms with E-state index in [1.807, 2.05) is 0 Å². The van der Waals surface area contributed by atoms with E-state index < -0.39 is 11.8 Å². The van der Waals surface area contributed by atoms with E-state index in [0.29, 0.717) is 42.1 Å². The van der Waals surface area contributed by atoms with Crippen molar-refractivity contribution in [1.29, 1.82) is 0 Å². The number of pyridine rings is 2. The van der Waals surface area contributed by atoms with Gasteiger partial charge in [0.05, 0.1) is 18.5 Å².